The number of nitrogens with one attached hydrogen (secondary N) is 1. The zero-order valence-electron chi connectivity index (χ0n) is 19.4. The van der Waals surface area contributed by atoms with Crippen LogP contribution < -0.4 is 16.8 Å². The lowest BCUT2D eigenvalue weighted by Gasteiger charge is -2.24. The Hall–Kier alpha value is -4.68. The molecule has 0 aliphatic carbocycles. The molecule has 0 bridgehead atoms. The lowest BCUT2D eigenvalue weighted by molar-refractivity contribution is -0.640. The number of nitrogens with zero attached hydrogens (tertiary/aromatic N) is 3. The van der Waals surface area contributed by atoms with E-state index >= 15 is 0 Å². The summed E-state index contributed by atoms with van der Waals surface area (Å²) in [5.41, 5.74) is 11.7. The van der Waals surface area contributed by atoms with Crippen LogP contribution in [0.25, 0.3) is 0 Å². The topological polar surface area (TPSA) is 203 Å². The van der Waals surface area contributed by atoms with Gasteiger partial charge in [-0.25, -0.2) is 19.7 Å². The van der Waals surface area contributed by atoms with Crippen LogP contribution in [-0.2, 0) is 27.4 Å². The lowest BCUT2D eigenvalue weighted by Crippen LogP contribution is -2.56. The molecule has 2 amide bonds. The molecule has 2 atom stereocenters. The van der Waals surface area contributed by atoms with E-state index in [1.165, 1.54) is 0 Å². The van der Waals surface area contributed by atoms with Gasteiger partial charge in [-0.15, -0.1) is 0 Å². The van der Waals surface area contributed by atoms with Crippen LogP contribution in [0.15, 0.2) is 65.7 Å². The van der Waals surface area contributed by atoms with Crippen molar-refractivity contribution in [2.24, 2.45) is 16.5 Å². The number of nitrogens with two attached hydrogens (primary N) is 2. The second kappa shape index (κ2) is 13.9. The van der Waals surface area contributed by atoms with Gasteiger partial charge in [-0.2, -0.15) is 0 Å². The van der Waals surface area contributed by atoms with Crippen LogP contribution in [0.1, 0.15) is 24.0 Å². The molecule has 6 N–H and O–H groups in total. The SMILES string of the molecule is NC(N)=NCCC[C@H](C(=O)O)N(C(=O)[C@@H](Cc1ccccc1)NC(=O)OCc1ccccc1)[N+](=O)[O-]. The Morgan fingerprint density at radius 3 is 2.17 bits per heavy atom. The van der Waals surface area contributed by atoms with E-state index in [-0.39, 0.29) is 43.4 Å². The fourth-order valence-electron chi connectivity index (χ4n) is 3.31. The second-order valence-corrected chi connectivity index (χ2v) is 7.67. The molecule has 0 unspecified atom stereocenters. The molecule has 13 nitrogen and oxygen atoms in total. The van der Waals surface area contributed by atoms with Gasteiger partial charge in [-0.05, 0) is 29.0 Å². The molecular formula is C23H28N6O7. The number of carboxylic acid groups (broad SMARTS) is 1. The van der Waals surface area contributed by atoms with Crippen LogP contribution in [0.5, 0.6) is 0 Å². The molecule has 13 heteroatoms. The van der Waals surface area contributed by atoms with Crippen LogP contribution in [0.3, 0.4) is 0 Å². The molecule has 2 aromatic rings. The fraction of sp³-hybridized carbons (Fsp3) is 0.304. The monoisotopic (exact) mass is 500 g/mol. The minimum atomic E-state index is -1.82. The Kier molecular flexibility index (Phi) is 10.6. The third kappa shape index (κ3) is 8.93. The highest BCUT2D eigenvalue weighted by atomic mass is 16.7. The number of aliphatic carboxylic acids is 1. The van der Waals surface area contributed by atoms with Crippen molar-refractivity contribution < 1.29 is 29.3 Å². The standard InChI is InChI=1S/C23H28N6O7/c24-22(25)26-13-7-12-19(21(31)32)28(29(34)35)20(30)18(14-16-8-3-1-4-9-16)27-23(33)36-15-17-10-5-2-6-11-17/h1-6,8-11,18-19H,7,12-15H2,(H,27,33)(H,31,32)(H4,24,25,26)/t18-,19-/m1/s1. The molecule has 192 valence electrons. The molecule has 0 spiro atoms. The predicted octanol–water partition coefficient (Wildman–Crippen LogP) is 1.05. The first kappa shape index (κ1) is 27.6. The number of ether oxygens (including phenoxy) is 1. The average molecular weight is 501 g/mol. The Morgan fingerprint density at radius 2 is 1.64 bits per heavy atom. The van der Waals surface area contributed by atoms with Gasteiger partial charge in [0.15, 0.2) is 17.0 Å². The molecule has 0 fully saturated rings. The Balaban J connectivity index is 2.23. The summed E-state index contributed by atoms with van der Waals surface area (Å²) in [6.45, 7) is -0.0796. The zero-order valence-corrected chi connectivity index (χ0v) is 19.4. The number of benzene rings is 2. The number of hydrogen-bond acceptors (Lipinski definition) is 7. The zero-order chi connectivity index (χ0) is 26.5. The van der Waals surface area contributed by atoms with Crippen molar-refractivity contribution in [3.63, 3.8) is 0 Å². The van der Waals surface area contributed by atoms with E-state index in [1.54, 1.807) is 60.7 Å². The quantitative estimate of drug-likeness (QED) is 0.102. The van der Waals surface area contributed by atoms with E-state index in [0.29, 0.717) is 11.1 Å². The molecule has 2 aromatic carbocycles. The van der Waals surface area contributed by atoms with Crippen LogP contribution in [-0.4, -0.2) is 57.7 Å². The fourth-order valence-corrected chi connectivity index (χ4v) is 3.31. The minimum Gasteiger partial charge on any atom is -0.480 e. The summed E-state index contributed by atoms with van der Waals surface area (Å²) >= 11 is 0. The molecule has 0 heterocycles. The maximum atomic E-state index is 13.3. The van der Waals surface area contributed by atoms with Gasteiger partial charge in [0.1, 0.15) is 12.6 Å². The number of alkyl carbamates (subject to hydrolysis) is 1. The second-order valence-electron chi connectivity index (χ2n) is 7.67. The molecule has 0 radical (unpaired) electrons. The van der Waals surface area contributed by atoms with Gasteiger partial charge >= 0.3 is 18.0 Å². The van der Waals surface area contributed by atoms with Crippen LogP contribution in [0.4, 0.5) is 4.79 Å². The molecule has 2 rings (SSSR count). The van der Waals surface area contributed by atoms with E-state index in [0.717, 1.165) is 0 Å². The number of carboxylic acids is 1. The van der Waals surface area contributed by atoms with Crippen molar-refractivity contribution in [2.75, 3.05) is 6.54 Å². The highest BCUT2D eigenvalue weighted by molar-refractivity contribution is 5.88. The van der Waals surface area contributed by atoms with Gasteiger partial charge in [0.25, 0.3) is 0 Å². The molecule has 0 saturated carbocycles. The van der Waals surface area contributed by atoms with E-state index in [4.69, 9.17) is 16.2 Å². The van der Waals surface area contributed by atoms with Crippen molar-refractivity contribution in [1.82, 2.24) is 10.3 Å². The van der Waals surface area contributed by atoms with Crippen molar-refractivity contribution >= 4 is 23.9 Å². The highest BCUT2D eigenvalue weighted by Crippen LogP contribution is 2.14. The van der Waals surface area contributed by atoms with Crippen LogP contribution >= 0.6 is 0 Å². The Morgan fingerprint density at radius 1 is 1.06 bits per heavy atom. The first-order valence-electron chi connectivity index (χ1n) is 11.0. The third-order valence-electron chi connectivity index (χ3n) is 5.00. The van der Waals surface area contributed by atoms with Gasteiger partial charge in [0.2, 0.25) is 0 Å². The molecule has 0 aliphatic heterocycles. The van der Waals surface area contributed by atoms with Crippen molar-refractivity contribution in [3.8, 4) is 0 Å². The largest absolute Gasteiger partial charge is 0.480 e. The summed E-state index contributed by atoms with van der Waals surface area (Å²) < 4.78 is 5.15. The first-order chi connectivity index (χ1) is 17.2. The van der Waals surface area contributed by atoms with E-state index in [2.05, 4.69) is 10.3 Å². The summed E-state index contributed by atoms with van der Waals surface area (Å²) in [5, 5.41) is 22.7. The average Bonchev–Trinajstić information content (AvgIpc) is 2.84. The maximum Gasteiger partial charge on any atom is 0.408 e. The summed E-state index contributed by atoms with van der Waals surface area (Å²) in [4.78, 5) is 53.1. The molecule has 0 aliphatic rings. The van der Waals surface area contributed by atoms with Crippen LogP contribution in [0, 0.1) is 10.1 Å². The summed E-state index contributed by atoms with van der Waals surface area (Å²) in [6.07, 6.45) is -1.36. The number of rotatable bonds is 13. The molecule has 0 aromatic heterocycles. The third-order valence-corrected chi connectivity index (χ3v) is 5.00. The van der Waals surface area contributed by atoms with Gasteiger partial charge in [0, 0.05) is 13.0 Å². The van der Waals surface area contributed by atoms with Crippen molar-refractivity contribution in [2.45, 2.75) is 38.0 Å². The smallest absolute Gasteiger partial charge is 0.408 e. The Bertz CT molecular complexity index is 1060. The number of guanidine groups is 1. The highest BCUT2D eigenvalue weighted by Gasteiger charge is 2.42. The number of hydrazine groups is 1. The number of amides is 2. The summed E-state index contributed by atoms with van der Waals surface area (Å²) in [7, 11) is 0. The van der Waals surface area contributed by atoms with Gasteiger partial charge in [-0.3, -0.25) is 9.79 Å². The number of aliphatic imine (C=N–C) groups is 1. The number of hydrogen-bond donors (Lipinski definition) is 4. The molecular weight excluding hydrogens is 472 g/mol. The van der Waals surface area contributed by atoms with E-state index in [1.807, 2.05) is 0 Å². The van der Waals surface area contributed by atoms with E-state index < -0.39 is 35.1 Å². The van der Waals surface area contributed by atoms with Crippen molar-refractivity contribution in [3.05, 3.63) is 81.9 Å². The van der Waals surface area contributed by atoms with Gasteiger partial charge < -0.3 is 26.6 Å². The van der Waals surface area contributed by atoms with Crippen LogP contribution in [0.2, 0.25) is 0 Å². The lowest BCUT2D eigenvalue weighted by atomic mass is 10.0. The maximum absolute atomic E-state index is 13.3. The van der Waals surface area contributed by atoms with Crippen molar-refractivity contribution in [1.29, 1.82) is 0 Å². The predicted molar refractivity (Wildman–Crippen MR) is 129 cm³/mol. The summed E-state index contributed by atoms with van der Waals surface area (Å²) in [6, 6.07) is 13.9. The number of nitro groups is 1. The van der Waals surface area contributed by atoms with E-state index in [9.17, 15) is 29.6 Å². The summed E-state index contributed by atoms with van der Waals surface area (Å²) in [5.74, 6) is -3.02. The van der Waals surface area contributed by atoms with Gasteiger partial charge in [-0.1, -0.05) is 60.7 Å². The normalized spacial score (nSPS) is 12.0. The first-order valence-corrected chi connectivity index (χ1v) is 11.0. The number of carbonyl (C=O) groups is 3. The minimum absolute atomic E-state index is 0.0168. The van der Waals surface area contributed by atoms with Gasteiger partial charge in [0.05, 0.1) is 0 Å². The Labute approximate surface area is 206 Å². The molecule has 0 saturated heterocycles. The molecule has 36 heavy (non-hydrogen) atoms. The number of carbonyl (C=O) groups excluding carboxylic acids is 2.